The number of nitrogens with two attached hydrogens (primary N) is 2. The van der Waals surface area contributed by atoms with E-state index in [9.17, 15) is 9.59 Å². The molecule has 5 N–H and O–H groups in total. The first-order valence-corrected chi connectivity index (χ1v) is 6.32. The first kappa shape index (κ1) is 15.7. The first-order chi connectivity index (χ1) is 9.43. The van der Waals surface area contributed by atoms with E-state index < -0.39 is 5.91 Å². The van der Waals surface area contributed by atoms with Crippen LogP contribution in [0.2, 0.25) is 0 Å². The van der Waals surface area contributed by atoms with Gasteiger partial charge in [-0.05, 0) is 26.0 Å². The molecule has 0 radical (unpaired) electrons. The van der Waals surface area contributed by atoms with Crippen molar-refractivity contribution in [1.82, 2.24) is 5.32 Å². The molecule has 0 saturated carbocycles. The molecule has 0 saturated heterocycles. The van der Waals surface area contributed by atoms with Gasteiger partial charge in [-0.2, -0.15) is 0 Å². The predicted molar refractivity (Wildman–Crippen MR) is 77.9 cm³/mol. The Kier molecular flexibility index (Phi) is 5.75. The first-order valence-electron chi connectivity index (χ1n) is 6.32. The molecule has 0 heterocycles. The van der Waals surface area contributed by atoms with Crippen molar-refractivity contribution in [3.8, 4) is 11.8 Å². The summed E-state index contributed by atoms with van der Waals surface area (Å²) in [7, 11) is 0. The summed E-state index contributed by atoms with van der Waals surface area (Å²) < 4.78 is 0. The Bertz CT molecular complexity index is 570. The van der Waals surface area contributed by atoms with Gasteiger partial charge in [0.1, 0.15) is 0 Å². The molecule has 0 aliphatic carbocycles. The van der Waals surface area contributed by atoms with Crippen molar-refractivity contribution in [2.24, 2.45) is 11.5 Å². The van der Waals surface area contributed by atoms with Gasteiger partial charge < -0.3 is 16.8 Å². The van der Waals surface area contributed by atoms with E-state index in [0.717, 1.165) is 5.56 Å². The molecule has 0 spiro atoms. The highest BCUT2D eigenvalue weighted by Gasteiger charge is 2.14. The zero-order valence-electron chi connectivity index (χ0n) is 11.7. The molecule has 0 aromatic heterocycles. The maximum atomic E-state index is 12.2. The number of carbonyl (C=O) groups excluding carboxylic acids is 2. The van der Waals surface area contributed by atoms with Gasteiger partial charge in [-0.25, -0.2) is 0 Å². The molecular formula is C15H19N3O2. The molecule has 106 valence electrons. The number of hydrogen-bond donors (Lipinski definition) is 3. The van der Waals surface area contributed by atoms with Crippen LogP contribution in [0.25, 0.3) is 0 Å². The van der Waals surface area contributed by atoms with Gasteiger partial charge in [-0.15, -0.1) is 0 Å². The lowest BCUT2D eigenvalue weighted by molar-refractivity contribution is -0.118. The Morgan fingerprint density at radius 2 is 2.10 bits per heavy atom. The van der Waals surface area contributed by atoms with E-state index in [0.29, 0.717) is 11.1 Å². The molecule has 0 aliphatic heterocycles. The highest BCUT2D eigenvalue weighted by Crippen LogP contribution is 2.11. The van der Waals surface area contributed by atoms with Crippen LogP contribution in [0.4, 0.5) is 0 Å². The lowest BCUT2D eigenvalue weighted by Crippen LogP contribution is -2.36. The van der Waals surface area contributed by atoms with Crippen LogP contribution in [-0.4, -0.2) is 24.4 Å². The minimum absolute atomic E-state index is 0.0986. The fourth-order valence-electron chi connectivity index (χ4n) is 1.76. The second-order valence-electron chi connectivity index (χ2n) is 4.60. The quantitative estimate of drug-likeness (QED) is 0.688. The third-order valence-corrected chi connectivity index (χ3v) is 2.63. The number of carbonyl (C=O) groups is 2. The Labute approximate surface area is 118 Å². The SMILES string of the molecule is Cc1ccc(C#CCN)c(C(=O)NC(C)CC(N)=O)c1. The summed E-state index contributed by atoms with van der Waals surface area (Å²) in [5, 5.41) is 2.73. The van der Waals surface area contributed by atoms with Gasteiger partial charge in [0.2, 0.25) is 5.91 Å². The summed E-state index contributed by atoms with van der Waals surface area (Å²) in [6.07, 6.45) is 0.0986. The van der Waals surface area contributed by atoms with Crippen LogP contribution < -0.4 is 16.8 Å². The molecule has 0 aliphatic rings. The van der Waals surface area contributed by atoms with Crippen LogP contribution in [0.3, 0.4) is 0 Å². The second-order valence-corrected chi connectivity index (χ2v) is 4.60. The van der Waals surface area contributed by atoms with Gasteiger partial charge in [0, 0.05) is 18.0 Å². The van der Waals surface area contributed by atoms with Gasteiger partial charge in [0.05, 0.1) is 12.1 Å². The van der Waals surface area contributed by atoms with Gasteiger partial charge in [-0.1, -0.05) is 23.5 Å². The van der Waals surface area contributed by atoms with Gasteiger partial charge in [-0.3, -0.25) is 9.59 Å². The van der Waals surface area contributed by atoms with Gasteiger partial charge in [0.25, 0.3) is 5.91 Å². The molecule has 1 rings (SSSR count). The molecule has 5 nitrogen and oxygen atoms in total. The maximum Gasteiger partial charge on any atom is 0.252 e. The van der Waals surface area contributed by atoms with Crippen LogP contribution in [0, 0.1) is 18.8 Å². The highest BCUT2D eigenvalue weighted by atomic mass is 16.2. The molecule has 5 heteroatoms. The van der Waals surface area contributed by atoms with Gasteiger partial charge in [0.15, 0.2) is 0 Å². The maximum absolute atomic E-state index is 12.2. The van der Waals surface area contributed by atoms with Crippen LogP contribution >= 0.6 is 0 Å². The van der Waals surface area contributed by atoms with E-state index in [4.69, 9.17) is 11.5 Å². The molecule has 1 atom stereocenters. The Morgan fingerprint density at radius 3 is 2.70 bits per heavy atom. The van der Waals surface area contributed by atoms with Crippen molar-refractivity contribution in [1.29, 1.82) is 0 Å². The molecule has 0 bridgehead atoms. The normalized spacial score (nSPS) is 11.2. The number of nitrogens with one attached hydrogen (secondary N) is 1. The Morgan fingerprint density at radius 1 is 1.40 bits per heavy atom. The van der Waals surface area contributed by atoms with Crippen molar-refractivity contribution in [2.45, 2.75) is 26.3 Å². The summed E-state index contributed by atoms with van der Waals surface area (Å²) >= 11 is 0. The van der Waals surface area contributed by atoms with E-state index in [1.807, 2.05) is 13.0 Å². The Balaban J connectivity index is 2.96. The molecule has 2 amide bonds. The molecule has 1 unspecified atom stereocenters. The van der Waals surface area contributed by atoms with Crippen molar-refractivity contribution in [3.63, 3.8) is 0 Å². The minimum atomic E-state index is -0.454. The summed E-state index contributed by atoms with van der Waals surface area (Å²) in [6.45, 7) is 3.85. The minimum Gasteiger partial charge on any atom is -0.370 e. The number of hydrogen-bond acceptors (Lipinski definition) is 3. The third kappa shape index (κ3) is 4.75. The van der Waals surface area contributed by atoms with Crippen molar-refractivity contribution < 1.29 is 9.59 Å². The van der Waals surface area contributed by atoms with Crippen molar-refractivity contribution in [2.75, 3.05) is 6.54 Å². The summed E-state index contributed by atoms with van der Waals surface area (Å²) in [5.41, 5.74) is 12.5. The molecule has 1 aromatic rings. The fourth-order valence-corrected chi connectivity index (χ4v) is 1.76. The van der Waals surface area contributed by atoms with Crippen molar-refractivity contribution in [3.05, 3.63) is 34.9 Å². The van der Waals surface area contributed by atoms with E-state index >= 15 is 0 Å². The third-order valence-electron chi connectivity index (χ3n) is 2.63. The Hall–Kier alpha value is -2.32. The lowest BCUT2D eigenvalue weighted by atomic mass is 10.0. The summed E-state index contributed by atoms with van der Waals surface area (Å²) in [6, 6.07) is 5.10. The topological polar surface area (TPSA) is 98.2 Å². The van der Waals surface area contributed by atoms with Gasteiger partial charge >= 0.3 is 0 Å². The second kappa shape index (κ2) is 7.31. The predicted octanol–water partition coefficient (Wildman–Crippen LogP) is 0.299. The number of amides is 2. The molecule has 0 fully saturated rings. The molecule has 1 aromatic carbocycles. The fraction of sp³-hybridized carbons (Fsp3) is 0.333. The number of rotatable bonds is 4. The summed E-state index contributed by atoms with van der Waals surface area (Å²) in [4.78, 5) is 23.0. The van der Waals surface area contributed by atoms with E-state index in [-0.39, 0.29) is 24.9 Å². The average Bonchev–Trinajstić information content (AvgIpc) is 2.36. The number of primary amides is 1. The zero-order valence-corrected chi connectivity index (χ0v) is 11.7. The zero-order chi connectivity index (χ0) is 15.1. The van der Waals surface area contributed by atoms with Crippen LogP contribution in [0.15, 0.2) is 18.2 Å². The smallest absolute Gasteiger partial charge is 0.252 e. The van der Waals surface area contributed by atoms with E-state index in [1.54, 1.807) is 19.1 Å². The molecular weight excluding hydrogens is 254 g/mol. The van der Waals surface area contributed by atoms with Crippen LogP contribution in [0.1, 0.15) is 34.8 Å². The lowest BCUT2D eigenvalue weighted by Gasteiger charge is -2.13. The van der Waals surface area contributed by atoms with Crippen LogP contribution in [-0.2, 0) is 4.79 Å². The average molecular weight is 273 g/mol. The molecule has 20 heavy (non-hydrogen) atoms. The number of benzene rings is 1. The number of aryl methyl sites for hydroxylation is 1. The highest BCUT2D eigenvalue weighted by molar-refractivity contribution is 5.97. The van der Waals surface area contributed by atoms with E-state index in [2.05, 4.69) is 17.2 Å². The summed E-state index contributed by atoms with van der Waals surface area (Å²) in [5.74, 6) is 4.87. The van der Waals surface area contributed by atoms with E-state index in [1.165, 1.54) is 0 Å². The standard InChI is InChI=1S/C15H19N3O2/c1-10-5-6-12(4-3-7-16)13(8-10)15(20)18-11(2)9-14(17)19/h5-6,8,11H,7,9,16H2,1-2H3,(H2,17,19)(H,18,20). The largest absolute Gasteiger partial charge is 0.370 e. The monoisotopic (exact) mass is 273 g/mol. The van der Waals surface area contributed by atoms with Crippen molar-refractivity contribution >= 4 is 11.8 Å². The van der Waals surface area contributed by atoms with Crippen LogP contribution in [0.5, 0.6) is 0 Å².